The van der Waals surface area contributed by atoms with Crippen LogP contribution in [0, 0.1) is 0 Å². The van der Waals surface area contributed by atoms with Crippen molar-refractivity contribution in [1.82, 2.24) is 5.32 Å². The lowest BCUT2D eigenvalue weighted by Gasteiger charge is -2.20. The third kappa shape index (κ3) is 2.96. The van der Waals surface area contributed by atoms with Crippen LogP contribution in [-0.4, -0.2) is 6.04 Å². The van der Waals surface area contributed by atoms with Gasteiger partial charge in [0.25, 0.3) is 0 Å². The Kier molecular flexibility index (Phi) is 4.17. The molecule has 1 aliphatic rings. The van der Waals surface area contributed by atoms with Crippen molar-refractivity contribution in [2.75, 3.05) is 0 Å². The van der Waals surface area contributed by atoms with E-state index in [0.29, 0.717) is 6.04 Å². The van der Waals surface area contributed by atoms with Crippen LogP contribution in [0.1, 0.15) is 37.3 Å². The summed E-state index contributed by atoms with van der Waals surface area (Å²) in [5.41, 5.74) is 2.93. The minimum Gasteiger partial charge on any atom is -0.310 e. The predicted octanol–water partition coefficient (Wildman–Crippen LogP) is 3.45. The second-order valence-corrected chi connectivity index (χ2v) is 4.48. The highest BCUT2D eigenvalue weighted by Gasteiger charge is 2.09. The molecule has 16 heavy (non-hydrogen) atoms. The summed E-state index contributed by atoms with van der Waals surface area (Å²) in [7, 11) is 0. The van der Waals surface area contributed by atoms with Crippen molar-refractivity contribution >= 4 is 0 Å². The molecular weight excluding hydrogens is 194 g/mol. The maximum atomic E-state index is 3.66. The minimum absolute atomic E-state index is 0.676. The Morgan fingerprint density at radius 1 is 1.19 bits per heavy atom. The molecule has 2 rings (SSSR count). The Bertz CT molecular complexity index is 354. The van der Waals surface area contributed by atoms with Gasteiger partial charge in [0.05, 0.1) is 0 Å². The van der Waals surface area contributed by atoms with Crippen LogP contribution < -0.4 is 5.32 Å². The third-order valence-electron chi connectivity index (χ3n) is 3.35. The number of hydrogen-bond acceptors (Lipinski definition) is 1. The van der Waals surface area contributed by atoms with Crippen LogP contribution in [0.25, 0.3) is 0 Å². The molecule has 0 saturated heterocycles. The van der Waals surface area contributed by atoms with E-state index in [1.807, 2.05) is 0 Å². The SMILES string of the molecule is CCc1ccccc1CNC1CC=CCC1. The van der Waals surface area contributed by atoms with Gasteiger partial charge < -0.3 is 5.32 Å². The first kappa shape index (κ1) is 11.4. The van der Waals surface area contributed by atoms with E-state index in [9.17, 15) is 0 Å². The molecule has 0 spiro atoms. The number of allylic oxidation sites excluding steroid dienone is 1. The van der Waals surface area contributed by atoms with Gasteiger partial charge in [-0.15, -0.1) is 0 Å². The summed E-state index contributed by atoms with van der Waals surface area (Å²) in [5.74, 6) is 0. The van der Waals surface area contributed by atoms with E-state index in [-0.39, 0.29) is 0 Å². The van der Waals surface area contributed by atoms with Crippen LogP contribution in [0.15, 0.2) is 36.4 Å². The molecule has 1 aromatic carbocycles. The molecule has 0 saturated carbocycles. The van der Waals surface area contributed by atoms with Crippen LogP contribution in [-0.2, 0) is 13.0 Å². The van der Waals surface area contributed by atoms with Crippen LogP contribution in [0.4, 0.5) is 0 Å². The molecular formula is C15H21N. The molecule has 1 heteroatoms. The normalized spacial score (nSPS) is 19.9. The van der Waals surface area contributed by atoms with Gasteiger partial charge in [-0.2, -0.15) is 0 Å². The van der Waals surface area contributed by atoms with Crippen molar-refractivity contribution in [3.05, 3.63) is 47.5 Å². The van der Waals surface area contributed by atoms with Crippen LogP contribution >= 0.6 is 0 Å². The highest BCUT2D eigenvalue weighted by Crippen LogP contribution is 2.13. The van der Waals surface area contributed by atoms with Crippen molar-refractivity contribution in [2.45, 2.75) is 45.2 Å². The molecule has 1 atom stereocenters. The molecule has 1 N–H and O–H groups in total. The molecule has 1 aromatic rings. The number of rotatable bonds is 4. The fourth-order valence-corrected chi connectivity index (χ4v) is 2.31. The van der Waals surface area contributed by atoms with Crippen LogP contribution in [0.2, 0.25) is 0 Å². The van der Waals surface area contributed by atoms with Crippen molar-refractivity contribution in [3.8, 4) is 0 Å². The van der Waals surface area contributed by atoms with Gasteiger partial charge in [0, 0.05) is 12.6 Å². The molecule has 1 aliphatic carbocycles. The molecule has 0 bridgehead atoms. The molecule has 1 unspecified atom stereocenters. The average molecular weight is 215 g/mol. The van der Waals surface area contributed by atoms with E-state index in [2.05, 4.69) is 48.7 Å². The van der Waals surface area contributed by atoms with Crippen molar-refractivity contribution < 1.29 is 0 Å². The van der Waals surface area contributed by atoms with Crippen molar-refractivity contribution in [2.24, 2.45) is 0 Å². The number of nitrogens with one attached hydrogen (secondary N) is 1. The highest BCUT2D eigenvalue weighted by atomic mass is 14.9. The summed E-state index contributed by atoms with van der Waals surface area (Å²) >= 11 is 0. The number of hydrogen-bond donors (Lipinski definition) is 1. The van der Waals surface area contributed by atoms with Gasteiger partial charge in [-0.1, -0.05) is 43.3 Å². The zero-order valence-corrected chi connectivity index (χ0v) is 10.1. The average Bonchev–Trinajstić information content (AvgIpc) is 2.38. The van der Waals surface area contributed by atoms with Gasteiger partial charge in [-0.3, -0.25) is 0 Å². The smallest absolute Gasteiger partial charge is 0.0210 e. The first-order chi connectivity index (χ1) is 7.90. The fraction of sp³-hybridized carbons (Fsp3) is 0.467. The Morgan fingerprint density at radius 3 is 2.69 bits per heavy atom. The van der Waals surface area contributed by atoms with E-state index in [1.54, 1.807) is 0 Å². The van der Waals surface area contributed by atoms with Crippen LogP contribution in [0.5, 0.6) is 0 Å². The van der Waals surface area contributed by atoms with Gasteiger partial charge in [-0.25, -0.2) is 0 Å². The van der Waals surface area contributed by atoms with Gasteiger partial charge >= 0.3 is 0 Å². The van der Waals surface area contributed by atoms with E-state index in [0.717, 1.165) is 13.0 Å². The zero-order chi connectivity index (χ0) is 11.2. The summed E-state index contributed by atoms with van der Waals surface area (Å²) < 4.78 is 0. The molecule has 86 valence electrons. The summed E-state index contributed by atoms with van der Waals surface area (Å²) in [6, 6.07) is 9.42. The zero-order valence-electron chi connectivity index (χ0n) is 10.1. The Morgan fingerprint density at radius 2 is 2.00 bits per heavy atom. The second kappa shape index (κ2) is 5.86. The lowest BCUT2D eigenvalue weighted by molar-refractivity contribution is 0.473. The highest BCUT2D eigenvalue weighted by molar-refractivity contribution is 5.26. The Hall–Kier alpha value is -1.08. The third-order valence-corrected chi connectivity index (χ3v) is 3.35. The second-order valence-electron chi connectivity index (χ2n) is 4.48. The fourth-order valence-electron chi connectivity index (χ4n) is 2.31. The summed E-state index contributed by atoms with van der Waals surface area (Å²) in [6.45, 7) is 3.24. The lowest BCUT2D eigenvalue weighted by atomic mass is 10.0. The van der Waals surface area contributed by atoms with E-state index in [1.165, 1.54) is 30.4 Å². The van der Waals surface area contributed by atoms with E-state index >= 15 is 0 Å². The standard InChI is InChI=1S/C15H21N/c1-2-13-8-6-7-9-14(13)12-16-15-10-4-3-5-11-15/h3-4,6-9,15-16H,2,5,10-12H2,1H3. The monoisotopic (exact) mass is 215 g/mol. The number of aryl methyl sites for hydroxylation is 1. The molecule has 0 fully saturated rings. The van der Waals surface area contributed by atoms with Gasteiger partial charge in [-0.05, 0) is 36.8 Å². The predicted molar refractivity (Wildman–Crippen MR) is 69.4 cm³/mol. The molecule has 0 aliphatic heterocycles. The maximum absolute atomic E-state index is 3.66. The summed E-state index contributed by atoms with van der Waals surface area (Å²) in [5, 5.41) is 3.66. The minimum atomic E-state index is 0.676. The number of benzene rings is 1. The molecule has 1 nitrogen and oxygen atoms in total. The lowest BCUT2D eigenvalue weighted by Crippen LogP contribution is -2.29. The molecule has 0 radical (unpaired) electrons. The summed E-state index contributed by atoms with van der Waals surface area (Å²) in [6.07, 6.45) is 9.42. The van der Waals surface area contributed by atoms with E-state index in [4.69, 9.17) is 0 Å². The van der Waals surface area contributed by atoms with Crippen LogP contribution in [0.3, 0.4) is 0 Å². The Labute approximate surface area is 98.6 Å². The molecule has 0 aromatic heterocycles. The van der Waals surface area contributed by atoms with Gasteiger partial charge in [0.2, 0.25) is 0 Å². The molecule has 0 heterocycles. The maximum Gasteiger partial charge on any atom is 0.0210 e. The quantitative estimate of drug-likeness (QED) is 0.759. The first-order valence-corrected chi connectivity index (χ1v) is 6.35. The Balaban J connectivity index is 1.91. The van der Waals surface area contributed by atoms with Crippen molar-refractivity contribution in [3.63, 3.8) is 0 Å². The largest absolute Gasteiger partial charge is 0.310 e. The van der Waals surface area contributed by atoms with E-state index < -0.39 is 0 Å². The first-order valence-electron chi connectivity index (χ1n) is 6.35. The van der Waals surface area contributed by atoms with Gasteiger partial charge in [0.1, 0.15) is 0 Å². The summed E-state index contributed by atoms with van der Waals surface area (Å²) in [4.78, 5) is 0. The molecule has 0 amide bonds. The van der Waals surface area contributed by atoms with Crippen molar-refractivity contribution in [1.29, 1.82) is 0 Å². The topological polar surface area (TPSA) is 12.0 Å². The van der Waals surface area contributed by atoms with Gasteiger partial charge in [0.15, 0.2) is 0 Å².